The lowest BCUT2D eigenvalue weighted by molar-refractivity contribution is 0.225. The van der Waals surface area contributed by atoms with Crippen LogP contribution in [0.25, 0.3) is 0 Å². The van der Waals surface area contributed by atoms with Crippen molar-refractivity contribution in [2.75, 3.05) is 17.7 Å². The summed E-state index contributed by atoms with van der Waals surface area (Å²) < 4.78 is 13.1. The van der Waals surface area contributed by atoms with E-state index in [2.05, 4.69) is 20.8 Å². The molecule has 0 fully saturated rings. The Morgan fingerprint density at radius 3 is 2.86 bits per heavy atom. The van der Waals surface area contributed by atoms with Crippen molar-refractivity contribution in [3.63, 3.8) is 0 Å². The fraction of sp³-hybridized carbons (Fsp3) is 0.231. The maximum Gasteiger partial charge on any atom is 0.321 e. The second kappa shape index (κ2) is 6.63. The number of urea groups is 1. The number of carbonyl (C=O) groups excluding carboxylic acids is 1. The maximum atomic E-state index is 13.1. The molecule has 2 rings (SSSR count). The van der Waals surface area contributed by atoms with Crippen molar-refractivity contribution >= 4 is 29.3 Å². The monoisotopic (exact) mass is 327 g/mol. The van der Waals surface area contributed by atoms with E-state index in [4.69, 9.17) is 17.3 Å². The number of H-pyrrole nitrogens is 1. The first-order valence-corrected chi connectivity index (χ1v) is 6.74. The molecule has 1 aromatic heterocycles. The highest BCUT2D eigenvalue weighted by atomic mass is 35.5. The minimum Gasteiger partial charge on any atom is -0.394 e. The molecule has 7 nitrogen and oxygen atoms in total. The Balaban J connectivity index is 2.07. The number of nitrogens with one attached hydrogen (secondary N) is 3. The zero-order valence-electron chi connectivity index (χ0n) is 11.7. The van der Waals surface area contributed by atoms with Crippen LogP contribution in [-0.4, -0.2) is 27.9 Å². The van der Waals surface area contributed by atoms with Crippen LogP contribution >= 0.6 is 11.6 Å². The normalized spacial score (nSPS) is 12.0. The summed E-state index contributed by atoms with van der Waals surface area (Å²) in [5, 5.41) is 20.7. The van der Waals surface area contributed by atoms with Crippen molar-refractivity contribution in [1.29, 1.82) is 0 Å². The largest absolute Gasteiger partial charge is 0.394 e. The van der Waals surface area contributed by atoms with Gasteiger partial charge in [-0.15, -0.1) is 0 Å². The number of aromatic nitrogens is 2. The summed E-state index contributed by atoms with van der Waals surface area (Å²) in [6, 6.07) is 2.61. The molecule has 2 amide bonds. The molecule has 6 N–H and O–H groups in total. The SMILES string of the molecule is Cc1c(NC(=O)NC(CO)c2ccc(F)c(Cl)c2)n[nH]c1N. The molecule has 0 spiro atoms. The lowest BCUT2D eigenvalue weighted by Gasteiger charge is -2.17. The quantitative estimate of drug-likeness (QED) is 0.590. The average Bonchev–Trinajstić information content (AvgIpc) is 2.80. The van der Waals surface area contributed by atoms with Gasteiger partial charge in [0.25, 0.3) is 0 Å². The molecule has 0 aliphatic carbocycles. The lowest BCUT2D eigenvalue weighted by atomic mass is 10.1. The van der Waals surface area contributed by atoms with E-state index in [1.807, 2.05) is 0 Å². The van der Waals surface area contributed by atoms with Crippen LogP contribution in [0.3, 0.4) is 0 Å². The van der Waals surface area contributed by atoms with Crippen LogP contribution in [0.2, 0.25) is 5.02 Å². The number of carbonyl (C=O) groups is 1. The highest BCUT2D eigenvalue weighted by molar-refractivity contribution is 6.30. The summed E-state index contributed by atoms with van der Waals surface area (Å²) >= 11 is 5.69. The third-order valence-corrected chi connectivity index (χ3v) is 3.40. The van der Waals surface area contributed by atoms with Crippen molar-refractivity contribution in [1.82, 2.24) is 15.5 Å². The number of rotatable bonds is 4. The van der Waals surface area contributed by atoms with E-state index in [-0.39, 0.29) is 17.4 Å². The summed E-state index contributed by atoms with van der Waals surface area (Å²) in [7, 11) is 0. The lowest BCUT2D eigenvalue weighted by Crippen LogP contribution is -2.34. The number of nitrogen functional groups attached to an aromatic ring is 1. The Labute approximate surface area is 130 Å². The Kier molecular flexibility index (Phi) is 4.84. The number of nitrogens with two attached hydrogens (primary N) is 1. The molecule has 118 valence electrons. The number of aromatic amines is 1. The topological polar surface area (TPSA) is 116 Å². The number of hydrogen-bond acceptors (Lipinski definition) is 4. The molecule has 1 aromatic carbocycles. The summed E-state index contributed by atoms with van der Waals surface area (Å²) in [5.74, 6) is 0.0531. The molecular weight excluding hydrogens is 313 g/mol. The van der Waals surface area contributed by atoms with Gasteiger partial charge in [-0.3, -0.25) is 10.4 Å². The summed E-state index contributed by atoms with van der Waals surface area (Å²) in [6.07, 6.45) is 0. The van der Waals surface area contributed by atoms with Crippen molar-refractivity contribution < 1.29 is 14.3 Å². The molecule has 0 aliphatic heterocycles. The van der Waals surface area contributed by atoms with Crippen LogP contribution in [0, 0.1) is 12.7 Å². The fourth-order valence-electron chi connectivity index (χ4n) is 1.80. The molecule has 0 bridgehead atoms. The molecule has 1 heterocycles. The van der Waals surface area contributed by atoms with Gasteiger partial charge in [-0.1, -0.05) is 17.7 Å². The first-order valence-electron chi connectivity index (χ1n) is 6.36. The number of aliphatic hydroxyl groups excluding tert-OH is 1. The number of nitrogens with zero attached hydrogens (tertiary/aromatic N) is 1. The summed E-state index contributed by atoms with van der Waals surface area (Å²) in [4.78, 5) is 11.9. The molecule has 1 unspecified atom stereocenters. The fourth-order valence-corrected chi connectivity index (χ4v) is 1.99. The van der Waals surface area contributed by atoms with Gasteiger partial charge in [-0.05, 0) is 24.6 Å². The van der Waals surface area contributed by atoms with Crippen LogP contribution in [0.4, 0.5) is 20.8 Å². The van der Waals surface area contributed by atoms with E-state index in [9.17, 15) is 14.3 Å². The Morgan fingerprint density at radius 2 is 2.32 bits per heavy atom. The van der Waals surface area contributed by atoms with E-state index in [1.165, 1.54) is 18.2 Å². The summed E-state index contributed by atoms with van der Waals surface area (Å²) in [6.45, 7) is 1.31. The molecule has 9 heteroatoms. The number of anilines is 2. The number of aliphatic hydroxyl groups is 1. The highest BCUT2D eigenvalue weighted by Crippen LogP contribution is 2.21. The number of hydrogen-bond donors (Lipinski definition) is 5. The van der Waals surface area contributed by atoms with Gasteiger partial charge in [0.15, 0.2) is 5.82 Å². The third kappa shape index (κ3) is 3.46. The van der Waals surface area contributed by atoms with Crippen molar-refractivity contribution in [2.24, 2.45) is 0 Å². The van der Waals surface area contributed by atoms with Gasteiger partial charge in [0.05, 0.1) is 17.7 Å². The second-order valence-electron chi connectivity index (χ2n) is 4.62. The molecule has 0 saturated carbocycles. The van der Waals surface area contributed by atoms with E-state index < -0.39 is 17.9 Å². The number of halogens is 2. The number of amides is 2. The standard InChI is InChI=1S/C13H15ClFN5O2/c1-6-11(16)19-20-12(6)18-13(22)17-10(5-21)7-2-3-9(15)8(14)4-7/h2-4,10,21H,5H2,1H3,(H5,16,17,18,19,20,22). The molecule has 0 radical (unpaired) electrons. The molecule has 2 aromatic rings. The van der Waals surface area contributed by atoms with Crippen LogP contribution in [0.1, 0.15) is 17.2 Å². The van der Waals surface area contributed by atoms with Gasteiger partial charge in [0.2, 0.25) is 0 Å². The van der Waals surface area contributed by atoms with Crippen LogP contribution in [0.5, 0.6) is 0 Å². The maximum absolute atomic E-state index is 13.1. The third-order valence-electron chi connectivity index (χ3n) is 3.11. The highest BCUT2D eigenvalue weighted by Gasteiger charge is 2.17. The molecule has 0 saturated heterocycles. The second-order valence-corrected chi connectivity index (χ2v) is 5.03. The van der Waals surface area contributed by atoms with Gasteiger partial charge in [-0.2, -0.15) is 5.10 Å². The minimum atomic E-state index is -0.741. The molecule has 22 heavy (non-hydrogen) atoms. The smallest absolute Gasteiger partial charge is 0.321 e. The zero-order valence-corrected chi connectivity index (χ0v) is 12.4. The van der Waals surface area contributed by atoms with Gasteiger partial charge in [0, 0.05) is 5.56 Å². The van der Waals surface area contributed by atoms with Gasteiger partial charge in [-0.25, -0.2) is 9.18 Å². The molecular formula is C13H15ClFN5O2. The first kappa shape index (κ1) is 16.1. The summed E-state index contributed by atoms with van der Waals surface area (Å²) in [5.41, 5.74) is 6.66. The van der Waals surface area contributed by atoms with Crippen molar-refractivity contribution in [3.05, 3.63) is 40.2 Å². The van der Waals surface area contributed by atoms with Crippen molar-refractivity contribution in [2.45, 2.75) is 13.0 Å². The van der Waals surface area contributed by atoms with Gasteiger partial charge in [0.1, 0.15) is 11.6 Å². The first-order chi connectivity index (χ1) is 10.4. The van der Waals surface area contributed by atoms with Crippen LogP contribution in [-0.2, 0) is 0 Å². The van der Waals surface area contributed by atoms with E-state index in [0.717, 1.165) is 0 Å². The Bertz CT molecular complexity index is 691. The Hall–Kier alpha value is -2.32. The van der Waals surface area contributed by atoms with E-state index in [0.29, 0.717) is 16.9 Å². The minimum absolute atomic E-state index is 0.0888. The predicted octanol–water partition coefficient (Wildman–Crippen LogP) is 1.95. The molecule has 1 atom stereocenters. The van der Waals surface area contributed by atoms with Gasteiger partial charge >= 0.3 is 6.03 Å². The van der Waals surface area contributed by atoms with Crippen molar-refractivity contribution in [3.8, 4) is 0 Å². The van der Waals surface area contributed by atoms with Crippen LogP contribution < -0.4 is 16.4 Å². The van der Waals surface area contributed by atoms with E-state index >= 15 is 0 Å². The van der Waals surface area contributed by atoms with Crippen LogP contribution in [0.15, 0.2) is 18.2 Å². The molecule has 0 aliphatic rings. The van der Waals surface area contributed by atoms with E-state index in [1.54, 1.807) is 6.92 Å². The van der Waals surface area contributed by atoms with Gasteiger partial charge < -0.3 is 16.2 Å². The average molecular weight is 328 g/mol. The predicted molar refractivity (Wildman–Crippen MR) is 81.1 cm³/mol. The zero-order chi connectivity index (χ0) is 16.3. The number of benzene rings is 1. The Morgan fingerprint density at radius 1 is 1.59 bits per heavy atom.